The molecule has 16 heavy (non-hydrogen) atoms. The van der Waals surface area contributed by atoms with Crippen molar-refractivity contribution in [2.75, 3.05) is 0 Å². The first-order chi connectivity index (χ1) is 7.49. The van der Waals surface area contributed by atoms with Gasteiger partial charge in [0, 0.05) is 21.7 Å². The molecule has 0 aliphatic carbocycles. The van der Waals surface area contributed by atoms with Crippen molar-refractivity contribution >= 4 is 34.1 Å². The highest BCUT2D eigenvalue weighted by Crippen LogP contribution is 2.31. The molecule has 0 bridgehead atoms. The van der Waals surface area contributed by atoms with Gasteiger partial charge in [-0.1, -0.05) is 23.2 Å². The number of rotatable bonds is 1. The zero-order chi connectivity index (χ0) is 11.9. The van der Waals surface area contributed by atoms with Gasteiger partial charge in [0.05, 0.1) is 16.6 Å². The van der Waals surface area contributed by atoms with Gasteiger partial charge in [-0.15, -0.1) is 0 Å². The first-order valence-corrected chi connectivity index (χ1v) is 5.69. The molecular formula is C12H11Cl2NO. The molecular weight excluding hydrogens is 245 g/mol. The van der Waals surface area contributed by atoms with Gasteiger partial charge in [0.15, 0.2) is 0 Å². The van der Waals surface area contributed by atoms with E-state index < -0.39 is 6.10 Å². The fraction of sp³-hybridized carbons (Fsp3) is 0.250. The monoisotopic (exact) mass is 255 g/mol. The van der Waals surface area contributed by atoms with Gasteiger partial charge in [0.2, 0.25) is 0 Å². The number of benzene rings is 1. The number of pyridine rings is 1. The number of aromatic nitrogens is 1. The van der Waals surface area contributed by atoms with E-state index in [-0.39, 0.29) is 0 Å². The van der Waals surface area contributed by atoms with Crippen LogP contribution in [0.5, 0.6) is 0 Å². The summed E-state index contributed by atoms with van der Waals surface area (Å²) in [7, 11) is 0. The number of aliphatic hydroxyl groups excluding tert-OH is 1. The Labute approximate surface area is 104 Å². The molecule has 0 aliphatic heterocycles. The lowest BCUT2D eigenvalue weighted by Gasteiger charge is -2.11. The van der Waals surface area contributed by atoms with Crippen molar-refractivity contribution in [3.8, 4) is 0 Å². The molecule has 2 aromatic rings. The molecule has 1 atom stereocenters. The Morgan fingerprint density at radius 3 is 2.56 bits per heavy atom. The fourth-order valence-corrected chi connectivity index (χ4v) is 2.24. The second-order valence-electron chi connectivity index (χ2n) is 3.81. The van der Waals surface area contributed by atoms with Gasteiger partial charge in [-0.2, -0.15) is 0 Å². The van der Waals surface area contributed by atoms with E-state index >= 15 is 0 Å². The quantitative estimate of drug-likeness (QED) is 0.839. The van der Waals surface area contributed by atoms with Crippen LogP contribution in [0.2, 0.25) is 10.0 Å². The first-order valence-electron chi connectivity index (χ1n) is 4.93. The van der Waals surface area contributed by atoms with Crippen molar-refractivity contribution in [3.05, 3.63) is 39.5 Å². The minimum absolute atomic E-state index is 0.552. The second-order valence-corrected chi connectivity index (χ2v) is 4.66. The number of hydrogen-bond donors (Lipinski definition) is 1. The SMILES string of the molecule is Cc1cc(Cl)c2cc(Cl)cc(C(C)O)c2n1. The van der Waals surface area contributed by atoms with E-state index in [0.29, 0.717) is 21.1 Å². The van der Waals surface area contributed by atoms with Crippen LogP contribution < -0.4 is 0 Å². The predicted molar refractivity (Wildman–Crippen MR) is 67.1 cm³/mol. The van der Waals surface area contributed by atoms with Gasteiger partial charge in [0.25, 0.3) is 0 Å². The molecule has 1 aromatic carbocycles. The van der Waals surface area contributed by atoms with Crippen molar-refractivity contribution in [3.63, 3.8) is 0 Å². The summed E-state index contributed by atoms with van der Waals surface area (Å²) in [4.78, 5) is 4.40. The topological polar surface area (TPSA) is 33.1 Å². The summed E-state index contributed by atoms with van der Waals surface area (Å²) < 4.78 is 0. The Morgan fingerprint density at radius 2 is 1.94 bits per heavy atom. The summed E-state index contributed by atoms with van der Waals surface area (Å²) in [6.07, 6.45) is -0.619. The summed E-state index contributed by atoms with van der Waals surface area (Å²) in [6.45, 7) is 3.55. The highest BCUT2D eigenvalue weighted by atomic mass is 35.5. The Kier molecular flexibility index (Phi) is 3.06. The Hall–Kier alpha value is -0.830. The molecule has 0 spiro atoms. The van der Waals surface area contributed by atoms with Crippen LogP contribution in [0.1, 0.15) is 24.3 Å². The van der Waals surface area contributed by atoms with Crippen LogP contribution in [0, 0.1) is 6.92 Å². The average Bonchev–Trinajstić information content (AvgIpc) is 2.18. The lowest BCUT2D eigenvalue weighted by atomic mass is 10.1. The van der Waals surface area contributed by atoms with Gasteiger partial charge in [-0.05, 0) is 32.0 Å². The van der Waals surface area contributed by atoms with Gasteiger partial charge in [-0.25, -0.2) is 0 Å². The van der Waals surface area contributed by atoms with Crippen molar-refractivity contribution < 1.29 is 5.11 Å². The van der Waals surface area contributed by atoms with E-state index in [4.69, 9.17) is 23.2 Å². The lowest BCUT2D eigenvalue weighted by molar-refractivity contribution is 0.200. The maximum atomic E-state index is 9.69. The second kappa shape index (κ2) is 4.21. The Balaban J connectivity index is 2.89. The number of hydrogen-bond acceptors (Lipinski definition) is 2. The van der Waals surface area contributed by atoms with Crippen LogP contribution in [0.25, 0.3) is 10.9 Å². The molecule has 0 amide bonds. The van der Waals surface area contributed by atoms with Crippen molar-refractivity contribution in [1.29, 1.82) is 0 Å². The number of nitrogens with zero attached hydrogens (tertiary/aromatic N) is 1. The van der Waals surface area contributed by atoms with E-state index in [1.54, 1.807) is 25.1 Å². The highest BCUT2D eigenvalue weighted by molar-refractivity contribution is 6.36. The normalized spacial score (nSPS) is 13.1. The molecule has 0 aliphatic rings. The molecule has 1 N–H and O–H groups in total. The lowest BCUT2D eigenvalue weighted by Crippen LogP contribution is -1.96. The zero-order valence-corrected chi connectivity index (χ0v) is 10.5. The molecule has 1 unspecified atom stereocenters. The van der Waals surface area contributed by atoms with Crippen LogP contribution in [0.3, 0.4) is 0 Å². The molecule has 0 saturated heterocycles. The molecule has 1 heterocycles. The molecule has 0 fully saturated rings. The molecule has 2 rings (SSSR count). The third-order valence-electron chi connectivity index (χ3n) is 2.44. The van der Waals surface area contributed by atoms with Gasteiger partial charge in [-0.3, -0.25) is 4.98 Å². The Morgan fingerprint density at radius 1 is 1.25 bits per heavy atom. The van der Waals surface area contributed by atoms with Crippen LogP contribution in [0.4, 0.5) is 0 Å². The van der Waals surface area contributed by atoms with Gasteiger partial charge in [0.1, 0.15) is 0 Å². The summed E-state index contributed by atoms with van der Waals surface area (Å²) in [5, 5.41) is 11.6. The number of aryl methyl sites for hydroxylation is 1. The predicted octanol–water partition coefficient (Wildman–Crippen LogP) is 3.90. The van der Waals surface area contributed by atoms with Gasteiger partial charge < -0.3 is 5.11 Å². The molecule has 0 radical (unpaired) electrons. The molecule has 84 valence electrons. The summed E-state index contributed by atoms with van der Waals surface area (Å²) in [5.41, 5.74) is 2.24. The summed E-state index contributed by atoms with van der Waals surface area (Å²) in [6, 6.07) is 5.26. The minimum atomic E-state index is -0.619. The van der Waals surface area contributed by atoms with Gasteiger partial charge >= 0.3 is 0 Å². The molecule has 1 aromatic heterocycles. The van der Waals surface area contributed by atoms with E-state index in [0.717, 1.165) is 11.1 Å². The number of halogens is 2. The maximum absolute atomic E-state index is 9.69. The number of aliphatic hydroxyl groups is 1. The van der Waals surface area contributed by atoms with Crippen LogP contribution in [0.15, 0.2) is 18.2 Å². The standard InChI is InChI=1S/C12H11Cl2NO/c1-6-3-11(14)10-5-8(13)4-9(7(2)16)12(10)15-6/h3-5,7,16H,1-2H3. The number of fused-ring (bicyclic) bond motifs is 1. The highest BCUT2D eigenvalue weighted by Gasteiger charge is 2.12. The van der Waals surface area contributed by atoms with E-state index in [1.165, 1.54) is 0 Å². The minimum Gasteiger partial charge on any atom is -0.389 e. The molecule has 2 nitrogen and oxygen atoms in total. The largest absolute Gasteiger partial charge is 0.389 e. The van der Waals surface area contributed by atoms with Crippen LogP contribution in [-0.4, -0.2) is 10.1 Å². The zero-order valence-electron chi connectivity index (χ0n) is 8.96. The molecule has 0 saturated carbocycles. The van der Waals surface area contributed by atoms with Crippen LogP contribution in [-0.2, 0) is 0 Å². The van der Waals surface area contributed by atoms with Crippen molar-refractivity contribution in [1.82, 2.24) is 4.98 Å². The summed E-state index contributed by atoms with van der Waals surface area (Å²) in [5.74, 6) is 0. The molecule has 4 heteroatoms. The van der Waals surface area contributed by atoms with Crippen molar-refractivity contribution in [2.45, 2.75) is 20.0 Å². The smallest absolute Gasteiger partial charge is 0.0783 e. The fourth-order valence-electron chi connectivity index (χ4n) is 1.72. The van der Waals surface area contributed by atoms with E-state index in [2.05, 4.69) is 4.98 Å². The average molecular weight is 256 g/mol. The maximum Gasteiger partial charge on any atom is 0.0783 e. The third kappa shape index (κ3) is 2.01. The Bertz CT molecular complexity index is 552. The summed E-state index contributed by atoms with van der Waals surface area (Å²) >= 11 is 12.1. The van der Waals surface area contributed by atoms with Crippen LogP contribution >= 0.6 is 23.2 Å². The first kappa shape index (κ1) is 11.6. The van der Waals surface area contributed by atoms with E-state index in [1.807, 2.05) is 6.92 Å². The van der Waals surface area contributed by atoms with Crippen molar-refractivity contribution in [2.24, 2.45) is 0 Å². The van der Waals surface area contributed by atoms with E-state index in [9.17, 15) is 5.11 Å². The third-order valence-corrected chi connectivity index (χ3v) is 2.97.